The van der Waals surface area contributed by atoms with E-state index >= 15 is 0 Å². The number of aromatic nitrogens is 2. The lowest BCUT2D eigenvalue weighted by atomic mass is 9.97. The Balaban J connectivity index is 1.95. The van der Waals surface area contributed by atoms with Gasteiger partial charge in [-0.05, 0) is 26.3 Å². The Morgan fingerprint density at radius 3 is 2.79 bits per heavy atom. The van der Waals surface area contributed by atoms with Crippen molar-refractivity contribution in [3.05, 3.63) is 5.89 Å². The van der Waals surface area contributed by atoms with Crippen LogP contribution in [0.4, 0.5) is 6.01 Å². The zero-order chi connectivity index (χ0) is 13.8. The van der Waals surface area contributed by atoms with E-state index in [-0.39, 0.29) is 17.9 Å². The summed E-state index contributed by atoms with van der Waals surface area (Å²) in [6, 6.07) is 0.581. The molecule has 0 radical (unpaired) electrons. The molecule has 7 nitrogen and oxygen atoms in total. The van der Waals surface area contributed by atoms with Crippen LogP contribution in [0.25, 0.3) is 0 Å². The van der Waals surface area contributed by atoms with Crippen LogP contribution >= 0.6 is 0 Å². The van der Waals surface area contributed by atoms with Gasteiger partial charge in [0.2, 0.25) is 11.8 Å². The van der Waals surface area contributed by atoms with Crippen LogP contribution in [0.1, 0.15) is 38.6 Å². The van der Waals surface area contributed by atoms with E-state index in [1.807, 2.05) is 18.7 Å². The number of nitrogens with zero attached hydrogens (tertiary/aromatic N) is 3. The summed E-state index contributed by atoms with van der Waals surface area (Å²) in [5.74, 6) is 0.347. The van der Waals surface area contributed by atoms with Gasteiger partial charge >= 0.3 is 6.01 Å². The number of rotatable bonds is 5. The minimum atomic E-state index is -0.216. The van der Waals surface area contributed by atoms with E-state index in [4.69, 9.17) is 10.2 Å². The fourth-order valence-corrected chi connectivity index (χ4v) is 2.28. The maximum absolute atomic E-state index is 11.1. The van der Waals surface area contributed by atoms with Crippen LogP contribution in [0.2, 0.25) is 0 Å². The average Bonchev–Trinajstić information content (AvgIpc) is 2.89. The molecule has 0 saturated carbocycles. The molecule has 1 amide bonds. The van der Waals surface area contributed by atoms with Gasteiger partial charge in [-0.3, -0.25) is 4.79 Å². The highest BCUT2D eigenvalue weighted by Crippen LogP contribution is 2.23. The molecule has 3 N–H and O–H groups in total. The molecule has 0 aliphatic carbocycles. The Labute approximate surface area is 112 Å². The summed E-state index contributed by atoms with van der Waals surface area (Å²) in [6.45, 7) is 6.32. The van der Waals surface area contributed by atoms with Gasteiger partial charge in [0.25, 0.3) is 0 Å². The highest BCUT2D eigenvalue weighted by molar-refractivity contribution is 5.76. The number of nitrogens with two attached hydrogens (primary N) is 1. The molecular formula is C12H21N5O2. The Morgan fingerprint density at radius 2 is 2.21 bits per heavy atom. The zero-order valence-electron chi connectivity index (χ0n) is 11.4. The first-order valence-electron chi connectivity index (χ1n) is 6.72. The Hall–Kier alpha value is -1.63. The van der Waals surface area contributed by atoms with Gasteiger partial charge in [-0.2, -0.15) is 0 Å². The van der Waals surface area contributed by atoms with Crippen LogP contribution in [0.5, 0.6) is 0 Å². The molecule has 19 heavy (non-hydrogen) atoms. The molecule has 1 fully saturated rings. The van der Waals surface area contributed by atoms with Crippen molar-refractivity contribution in [3.8, 4) is 0 Å². The Bertz CT molecular complexity index is 426. The molecule has 7 heteroatoms. The fourth-order valence-electron chi connectivity index (χ4n) is 2.28. The smallest absolute Gasteiger partial charge is 0.318 e. The number of primary amides is 1. The molecule has 106 valence electrons. The predicted octanol–water partition coefficient (Wildman–Crippen LogP) is 0.442. The van der Waals surface area contributed by atoms with E-state index < -0.39 is 0 Å². The second-order valence-electron chi connectivity index (χ2n) is 4.87. The molecule has 1 unspecified atom stereocenters. The molecule has 0 aromatic carbocycles. The molecule has 2 heterocycles. The van der Waals surface area contributed by atoms with Gasteiger partial charge < -0.3 is 20.4 Å². The van der Waals surface area contributed by atoms with Gasteiger partial charge in [0, 0.05) is 19.0 Å². The largest absolute Gasteiger partial charge is 0.406 e. The topological polar surface area (TPSA) is 97.3 Å². The summed E-state index contributed by atoms with van der Waals surface area (Å²) in [5, 5.41) is 11.3. The number of hydrogen-bond donors (Lipinski definition) is 2. The van der Waals surface area contributed by atoms with Crippen molar-refractivity contribution in [1.82, 2.24) is 15.5 Å². The summed E-state index contributed by atoms with van der Waals surface area (Å²) in [7, 11) is 0. The van der Waals surface area contributed by atoms with Gasteiger partial charge in [0.05, 0.1) is 6.04 Å². The third-order valence-electron chi connectivity index (χ3n) is 3.48. The van der Waals surface area contributed by atoms with Gasteiger partial charge in [-0.15, -0.1) is 5.10 Å². The van der Waals surface area contributed by atoms with Crippen molar-refractivity contribution in [1.29, 1.82) is 0 Å². The monoisotopic (exact) mass is 267 g/mol. The lowest BCUT2D eigenvalue weighted by Crippen LogP contribution is -2.38. The van der Waals surface area contributed by atoms with Crippen molar-refractivity contribution < 1.29 is 9.21 Å². The molecule has 0 spiro atoms. The summed E-state index contributed by atoms with van der Waals surface area (Å²) in [4.78, 5) is 13.1. The Kier molecular flexibility index (Phi) is 4.36. The fraction of sp³-hybridized carbons (Fsp3) is 0.750. The standard InChI is InChI=1S/C12H21N5O2/c1-3-14-8(2)11-15-16-12(19-11)17-6-4-9(5-7-17)10(13)18/h8-9,14H,3-7H2,1-2H3,(H2,13,18). The van der Waals surface area contributed by atoms with Crippen LogP contribution < -0.4 is 16.0 Å². The predicted molar refractivity (Wildman–Crippen MR) is 70.5 cm³/mol. The lowest BCUT2D eigenvalue weighted by Gasteiger charge is -2.28. The molecular weight excluding hydrogens is 246 g/mol. The van der Waals surface area contributed by atoms with Crippen molar-refractivity contribution in [3.63, 3.8) is 0 Å². The second-order valence-corrected chi connectivity index (χ2v) is 4.87. The van der Waals surface area contributed by atoms with Crippen molar-refractivity contribution in [2.75, 3.05) is 24.5 Å². The first-order chi connectivity index (χ1) is 9.11. The number of carbonyl (C=O) groups excluding carboxylic acids is 1. The van der Waals surface area contributed by atoms with Crippen molar-refractivity contribution in [2.24, 2.45) is 11.7 Å². The molecule has 1 saturated heterocycles. The number of amides is 1. The van der Waals surface area contributed by atoms with E-state index in [1.165, 1.54) is 0 Å². The van der Waals surface area contributed by atoms with Gasteiger partial charge in [0.1, 0.15) is 0 Å². The van der Waals surface area contributed by atoms with E-state index in [9.17, 15) is 4.79 Å². The second kappa shape index (κ2) is 6.01. The van der Waals surface area contributed by atoms with Crippen molar-refractivity contribution >= 4 is 11.9 Å². The van der Waals surface area contributed by atoms with E-state index in [1.54, 1.807) is 0 Å². The summed E-state index contributed by atoms with van der Waals surface area (Å²) < 4.78 is 5.66. The molecule has 1 aromatic heterocycles. The molecule has 1 aliphatic rings. The molecule has 0 bridgehead atoms. The summed E-state index contributed by atoms with van der Waals surface area (Å²) in [5.41, 5.74) is 5.31. The first kappa shape index (κ1) is 13.8. The SMILES string of the molecule is CCNC(C)c1nnc(N2CCC(C(N)=O)CC2)o1. The van der Waals surface area contributed by atoms with E-state index in [0.717, 1.165) is 32.5 Å². The number of hydrogen-bond acceptors (Lipinski definition) is 6. The van der Waals surface area contributed by atoms with Crippen LogP contribution in [-0.2, 0) is 4.79 Å². The first-order valence-corrected chi connectivity index (χ1v) is 6.72. The molecule has 2 rings (SSSR count). The number of nitrogens with one attached hydrogen (secondary N) is 1. The van der Waals surface area contributed by atoms with E-state index in [0.29, 0.717) is 11.9 Å². The number of anilines is 1. The maximum Gasteiger partial charge on any atom is 0.318 e. The highest BCUT2D eigenvalue weighted by Gasteiger charge is 2.26. The Morgan fingerprint density at radius 1 is 1.53 bits per heavy atom. The summed E-state index contributed by atoms with van der Waals surface area (Å²) >= 11 is 0. The minimum absolute atomic E-state index is 0.0284. The van der Waals surface area contributed by atoms with Crippen molar-refractivity contribution in [2.45, 2.75) is 32.7 Å². The van der Waals surface area contributed by atoms with Crippen LogP contribution in [0.15, 0.2) is 4.42 Å². The molecule has 1 aliphatic heterocycles. The van der Waals surface area contributed by atoms with Gasteiger partial charge in [0.15, 0.2) is 0 Å². The van der Waals surface area contributed by atoms with Gasteiger partial charge in [-0.1, -0.05) is 12.0 Å². The van der Waals surface area contributed by atoms with Crippen LogP contribution in [0.3, 0.4) is 0 Å². The summed E-state index contributed by atoms with van der Waals surface area (Å²) in [6.07, 6.45) is 1.49. The third kappa shape index (κ3) is 3.23. The molecule has 1 aromatic rings. The van der Waals surface area contributed by atoms with Gasteiger partial charge in [-0.25, -0.2) is 0 Å². The minimum Gasteiger partial charge on any atom is -0.406 e. The molecule has 1 atom stereocenters. The average molecular weight is 267 g/mol. The van der Waals surface area contributed by atoms with Crippen LogP contribution in [-0.4, -0.2) is 35.7 Å². The zero-order valence-corrected chi connectivity index (χ0v) is 11.4. The number of piperidine rings is 1. The normalized spacial score (nSPS) is 18.5. The number of carbonyl (C=O) groups is 1. The van der Waals surface area contributed by atoms with Crippen LogP contribution in [0, 0.1) is 5.92 Å². The highest BCUT2D eigenvalue weighted by atomic mass is 16.4. The van der Waals surface area contributed by atoms with E-state index in [2.05, 4.69) is 15.5 Å². The third-order valence-corrected chi connectivity index (χ3v) is 3.48. The maximum atomic E-state index is 11.1. The quantitative estimate of drug-likeness (QED) is 0.803. The lowest BCUT2D eigenvalue weighted by molar-refractivity contribution is -0.122.